The number of rotatable bonds is 5. The standard InChI is InChI=1S/C26H27N9/c1-16-10-23(32-34(16)3)29-26-27-13-19-8-9-21-24(25(19)30-26)22(35(4)31-21)12-17-6-5-7-18(11-17)20-14-28-33(2)15-20/h5-7,10-11,13-15H,8-9,12H2,1-4H3,(H,27,29,30,32). The molecule has 176 valence electrons. The number of aryl methyl sites for hydroxylation is 6. The second kappa shape index (κ2) is 8.19. The molecule has 6 rings (SSSR count). The fourth-order valence-electron chi connectivity index (χ4n) is 4.75. The fourth-order valence-corrected chi connectivity index (χ4v) is 4.75. The Hall–Kier alpha value is -4.27. The van der Waals surface area contributed by atoms with Crippen LogP contribution < -0.4 is 5.32 Å². The van der Waals surface area contributed by atoms with Gasteiger partial charge >= 0.3 is 0 Å². The van der Waals surface area contributed by atoms with Crippen molar-refractivity contribution in [2.45, 2.75) is 26.2 Å². The highest BCUT2D eigenvalue weighted by molar-refractivity contribution is 5.72. The van der Waals surface area contributed by atoms with Crippen LogP contribution in [0.1, 0.15) is 28.2 Å². The lowest BCUT2D eigenvalue weighted by molar-refractivity contribution is 0.705. The fraction of sp³-hybridized carbons (Fsp3) is 0.269. The number of benzene rings is 1. The Kier molecular flexibility index (Phi) is 4.98. The third kappa shape index (κ3) is 3.88. The first-order chi connectivity index (χ1) is 16.9. The molecule has 9 nitrogen and oxygen atoms in total. The predicted octanol–water partition coefficient (Wildman–Crippen LogP) is 3.75. The van der Waals surface area contributed by atoms with Gasteiger partial charge in [0.05, 0.1) is 23.3 Å². The SMILES string of the molecule is Cc1cc(Nc2ncc3c(n2)-c2c(nn(C)c2Cc2cccc(-c4cnn(C)c4)c2)CC3)nn1C. The van der Waals surface area contributed by atoms with Crippen LogP contribution in [0, 0.1) is 6.92 Å². The van der Waals surface area contributed by atoms with Crippen molar-refractivity contribution in [3.05, 3.63) is 77.1 Å². The van der Waals surface area contributed by atoms with Crippen molar-refractivity contribution in [2.75, 3.05) is 5.32 Å². The van der Waals surface area contributed by atoms with Gasteiger partial charge in [0.1, 0.15) is 0 Å². The Balaban J connectivity index is 1.36. The summed E-state index contributed by atoms with van der Waals surface area (Å²) in [4.78, 5) is 9.50. The summed E-state index contributed by atoms with van der Waals surface area (Å²) in [5, 5.41) is 16.9. The van der Waals surface area contributed by atoms with Crippen LogP contribution in [0.2, 0.25) is 0 Å². The van der Waals surface area contributed by atoms with Crippen molar-refractivity contribution in [1.82, 2.24) is 39.3 Å². The van der Waals surface area contributed by atoms with Gasteiger partial charge in [-0.15, -0.1) is 0 Å². The van der Waals surface area contributed by atoms with Gasteiger partial charge in [-0.05, 0) is 36.5 Å². The van der Waals surface area contributed by atoms with E-state index in [4.69, 9.17) is 10.1 Å². The average molecular weight is 466 g/mol. The van der Waals surface area contributed by atoms with Crippen LogP contribution in [0.15, 0.2) is 48.9 Å². The number of nitrogens with one attached hydrogen (secondary N) is 1. The minimum atomic E-state index is 0.545. The zero-order valence-corrected chi connectivity index (χ0v) is 20.3. The Morgan fingerprint density at radius 2 is 1.86 bits per heavy atom. The van der Waals surface area contributed by atoms with E-state index in [0.717, 1.165) is 70.1 Å². The van der Waals surface area contributed by atoms with Crippen LogP contribution in [-0.2, 0) is 40.4 Å². The molecule has 9 heteroatoms. The minimum Gasteiger partial charge on any atom is -0.307 e. The molecule has 1 aromatic carbocycles. The number of anilines is 2. The van der Waals surface area contributed by atoms with Crippen LogP contribution in [0.4, 0.5) is 11.8 Å². The lowest BCUT2D eigenvalue weighted by atomic mass is 9.91. The normalized spacial score (nSPS) is 12.5. The molecule has 5 aromatic rings. The van der Waals surface area contributed by atoms with Gasteiger partial charge in [0.2, 0.25) is 5.95 Å². The van der Waals surface area contributed by atoms with E-state index in [1.165, 1.54) is 5.56 Å². The van der Waals surface area contributed by atoms with Crippen LogP contribution in [0.3, 0.4) is 0 Å². The van der Waals surface area contributed by atoms with E-state index in [9.17, 15) is 0 Å². The second-order valence-corrected chi connectivity index (χ2v) is 9.16. The van der Waals surface area contributed by atoms with Gasteiger partial charge in [-0.25, -0.2) is 9.97 Å². The van der Waals surface area contributed by atoms with Crippen molar-refractivity contribution in [3.63, 3.8) is 0 Å². The summed E-state index contributed by atoms with van der Waals surface area (Å²) in [6.07, 6.45) is 8.41. The maximum atomic E-state index is 4.94. The van der Waals surface area contributed by atoms with E-state index in [0.29, 0.717) is 5.95 Å². The number of aromatic nitrogens is 8. The van der Waals surface area contributed by atoms with Gasteiger partial charge in [0.25, 0.3) is 0 Å². The molecule has 0 unspecified atom stereocenters. The first-order valence-corrected chi connectivity index (χ1v) is 11.7. The Morgan fingerprint density at radius 3 is 2.63 bits per heavy atom. The molecule has 35 heavy (non-hydrogen) atoms. The van der Waals surface area contributed by atoms with Crippen molar-refractivity contribution in [2.24, 2.45) is 21.1 Å². The third-order valence-corrected chi connectivity index (χ3v) is 6.66. The maximum Gasteiger partial charge on any atom is 0.228 e. The molecule has 0 fully saturated rings. The summed E-state index contributed by atoms with van der Waals surface area (Å²) in [6.45, 7) is 2.02. The predicted molar refractivity (Wildman–Crippen MR) is 134 cm³/mol. The van der Waals surface area contributed by atoms with Gasteiger partial charge < -0.3 is 5.32 Å². The molecule has 0 spiro atoms. The summed E-state index contributed by atoms with van der Waals surface area (Å²) in [6, 6.07) is 10.6. The maximum absolute atomic E-state index is 4.94. The summed E-state index contributed by atoms with van der Waals surface area (Å²) in [5.41, 5.74) is 10.0. The molecule has 0 saturated heterocycles. The van der Waals surface area contributed by atoms with Gasteiger partial charge in [0.15, 0.2) is 5.82 Å². The number of hydrogen-bond donors (Lipinski definition) is 1. The molecular weight excluding hydrogens is 438 g/mol. The zero-order valence-electron chi connectivity index (χ0n) is 20.3. The Morgan fingerprint density at radius 1 is 0.971 bits per heavy atom. The molecule has 0 saturated carbocycles. The number of hydrogen-bond acceptors (Lipinski definition) is 6. The zero-order chi connectivity index (χ0) is 24.1. The smallest absolute Gasteiger partial charge is 0.228 e. The van der Waals surface area contributed by atoms with E-state index in [1.54, 1.807) is 0 Å². The van der Waals surface area contributed by atoms with E-state index >= 15 is 0 Å². The van der Waals surface area contributed by atoms with Gasteiger partial charge in [-0.3, -0.25) is 14.0 Å². The van der Waals surface area contributed by atoms with Crippen molar-refractivity contribution in [3.8, 4) is 22.4 Å². The van der Waals surface area contributed by atoms with Crippen LogP contribution >= 0.6 is 0 Å². The van der Waals surface area contributed by atoms with E-state index in [1.807, 2.05) is 66.8 Å². The highest BCUT2D eigenvalue weighted by atomic mass is 15.3. The largest absolute Gasteiger partial charge is 0.307 e. The molecule has 0 atom stereocenters. The van der Waals surface area contributed by atoms with E-state index < -0.39 is 0 Å². The lowest BCUT2D eigenvalue weighted by Crippen LogP contribution is -2.09. The molecule has 0 bridgehead atoms. The second-order valence-electron chi connectivity index (χ2n) is 9.16. The average Bonchev–Trinajstić information content (AvgIpc) is 3.51. The van der Waals surface area contributed by atoms with Gasteiger partial charge in [-0.2, -0.15) is 15.3 Å². The van der Waals surface area contributed by atoms with Gasteiger partial charge in [-0.1, -0.05) is 24.3 Å². The quantitative estimate of drug-likeness (QED) is 0.425. The Labute approximate surface area is 203 Å². The number of nitrogens with zero attached hydrogens (tertiary/aromatic N) is 8. The third-order valence-electron chi connectivity index (χ3n) is 6.66. The summed E-state index contributed by atoms with van der Waals surface area (Å²) in [7, 11) is 5.88. The summed E-state index contributed by atoms with van der Waals surface area (Å²) >= 11 is 0. The number of fused-ring (bicyclic) bond motifs is 3. The topological polar surface area (TPSA) is 91.3 Å². The highest BCUT2D eigenvalue weighted by Crippen LogP contribution is 2.36. The summed E-state index contributed by atoms with van der Waals surface area (Å²) < 4.78 is 5.67. The summed E-state index contributed by atoms with van der Waals surface area (Å²) in [5.74, 6) is 1.28. The monoisotopic (exact) mass is 465 g/mol. The van der Waals surface area contributed by atoms with Crippen LogP contribution in [-0.4, -0.2) is 39.3 Å². The minimum absolute atomic E-state index is 0.545. The van der Waals surface area contributed by atoms with Crippen molar-refractivity contribution in [1.29, 1.82) is 0 Å². The first kappa shape index (κ1) is 21.3. The molecule has 0 aliphatic heterocycles. The lowest BCUT2D eigenvalue weighted by Gasteiger charge is -2.17. The first-order valence-electron chi connectivity index (χ1n) is 11.7. The molecule has 1 N–H and O–H groups in total. The van der Waals surface area contributed by atoms with Crippen LogP contribution in [0.25, 0.3) is 22.4 Å². The van der Waals surface area contributed by atoms with Crippen molar-refractivity contribution < 1.29 is 0 Å². The molecule has 0 radical (unpaired) electrons. The molecule has 1 aliphatic rings. The Bertz CT molecular complexity index is 1530. The molecular formula is C26H27N9. The molecule has 4 aromatic heterocycles. The molecule has 4 heterocycles. The molecule has 1 aliphatic carbocycles. The van der Waals surface area contributed by atoms with E-state index in [-0.39, 0.29) is 0 Å². The highest BCUT2D eigenvalue weighted by Gasteiger charge is 2.26. The van der Waals surface area contributed by atoms with Crippen molar-refractivity contribution >= 4 is 11.8 Å². The van der Waals surface area contributed by atoms with Crippen LogP contribution in [0.5, 0.6) is 0 Å². The van der Waals surface area contributed by atoms with E-state index in [2.05, 4.69) is 44.8 Å². The molecule has 0 amide bonds. The van der Waals surface area contributed by atoms with Gasteiger partial charge in [0, 0.05) is 62.8 Å².